The van der Waals surface area contributed by atoms with Gasteiger partial charge in [0.15, 0.2) is 0 Å². The van der Waals surface area contributed by atoms with Crippen LogP contribution in [0.25, 0.3) is 0 Å². The largest absolute Gasteiger partial charge is 0.265 e. The maximum absolute atomic E-state index is 9.95. The van der Waals surface area contributed by atoms with Crippen LogP contribution in [-0.4, -0.2) is 23.0 Å². The van der Waals surface area contributed by atoms with Crippen LogP contribution in [0.1, 0.15) is 6.42 Å². The molecule has 0 bridgehead atoms. The Morgan fingerprint density at radius 2 is 2.56 bits per heavy atom. The van der Waals surface area contributed by atoms with Gasteiger partial charge in [-0.25, -0.2) is 0 Å². The first-order chi connectivity index (χ1) is 4.29. The Labute approximate surface area is 58.0 Å². The lowest BCUT2D eigenvalue weighted by atomic mass is 10.1. The minimum atomic E-state index is -0.212. The Hall–Kier alpha value is -0.250. The molecule has 3 nitrogen and oxygen atoms in total. The molecule has 52 valence electrons. The molecule has 0 aliphatic carbocycles. The fourth-order valence-electron chi connectivity index (χ4n) is 0.938. The van der Waals surface area contributed by atoms with E-state index in [9.17, 15) is 10.1 Å². The molecule has 1 fully saturated rings. The molecule has 1 heterocycles. The minimum Gasteiger partial charge on any atom is -0.265 e. The summed E-state index contributed by atoms with van der Waals surface area (Å²) in [5.41, 5.74) is 0. The molecular formula is C5H9NO2S. The maximum Gasteiger partial charge on any atom is 0.207 e. The summed E-state index contributed by atoms with van der Waals surface area (Å²) in [5, 5.41) is 9.95. The lowest BCUT2D eigenvalue weighted by Gasteiger charge is -1.98. The van der Waals surface area contributed by atoms with Crippen LogP contribution in [-0.2, 0) is 0 Å². The predicted molar refractivity (Wildman–Crippen MR) is 37.3 cm³/mol. The van der Waals surface area contributed by atoms with Crippen molar-refractivity contribution in [1.29, 1.82) is 0 Å². The van der Waals surface area contributed by atoms with E-state index in [1.54, 1.807) is 0 Å². The summed E-state index contributed by atoms with van der Waals surface area (Å²) in [6, 6.07) is 0. The van der Waals surface area contributed by atoms with Crippen molar-refractivity contribution < 1.29 is 4.92 Å². The van der Waals surface area contributed by atoms with E-state index < -0.39 is 0 Å². The monoisotopic (exact) mass is 147 g/mol. The molecule has 0 aromatic carbocycles. The highest BCUT2D eigenvalue weighted by Crippen LogP contribution is 2.22. The van der Waals surface area contributed by atoms with Crippen molar-refractivity contribution in [3.63, 3.8) is 0 Å². The zero-order valence-electron chi connectivity index (χ0n) is 5.08. The second kappa shape index (κ2) is 3.06. The normalized spacial score (nSPS) is 26.4. The van der Waals surface area contributed by atoms with Crippen LogP contribution in [0.15, 0.2) is 0 Å². The summed E-state index contributed by atoms with van der Waals surface area (Å²) in [6.07, 6.45) is 1.03. The van der Waals surface area contributed by atoms with Crippen molar-refractivity contribution in [1.82, 2.24) is 0 Å². The van der Waals surface area contributed by atoms with Gasteiger partial charge in [-0.3, -0.25) is 10.1 Å². The molecule has 1 aliphatic rings. The van der Waals surface area contributed by atoms with Crippen molar-refractivity contribution >= 4 is 11.8 Å². The molecule has 0 aromatic heterocycles. The Morgan fingerprint density at radius 3 is 3.00 bits per heavy atom. The van der Waals surface area contributed by atoms with Gasteiger partial charge in [-0.15, -0.1) is 0 Å². The summed E-state index contributed by atoms with van der Waals surface area (Å²) in [6.45, 7) is 0.174. The van der Waals surface area contributed by atoms with E-state index in [2.05, 4.69) is 0 Å². The maximum atomic E-state index is 9.95. The molecule has 0 spiro atoms. The first kappa shape index (κ1) is 6.86. The van der Waals surface area contributed by atoms with Gasteiger partial charge in [0.25, 0.3) is 0 Å². The Balaban J connectivity index is 2.19. The Bertz CT molecular complexity index is 112. The fourth-order valence-corrected chi connectivity index (χ4v) is 2.21. The van der Waals surface area contributed by atoms with E-state index >= 15 is 0 Å². The lowest BCUT2D eigenvalue weighted by molar-refractivity contribution is -0.487. The van der Waals surface area contributed by atoms with E-state index in [4.69, 9.17) is 0 Å². The highest BCUT2D eigenvalue weighted by Gasteiger charge is 2.19. The standard InChI is InChI=1S/C5H9NO2S/c7-6(8)3-5-1-2-9-4-5/h5H,1-4H2. The number of nitrogens with zero attached hydrogens (tertiary/aromatic N) is 1. The molecule has 0 radical (unpaired) electrons. The van der Waals surface area contributed by atoms with E-state index in [-0.39, 0.29) is 11.5 Å². The third-order valence-electron chi connectivity index (χ3n) is 1.43. The first-order valence-corrected chi connectivity index (χ1v) is 4.14. The van der Waals surface area contributed by atoms with Gasteiger partial charge < -0.3 is 0 Å². The summed E-state index contributed by atoms with van der Waals surface area (Å²) in [7, 11) is 0. The third-order valence-corrected chi connectivity index (χ3v) is 2.66. The molecule has 0 amide bonds. The number of hydrogen-bond acceptors (Lipinski definition) is 3. The molecule has 0 saturated carbocycles. The zero-order valence-corrected chi connectivity index (χ0v) is 5.89. The number of thioether (sulfide) groups is 1. The van der Waals surface area contributed by atoms with Crippen LogP contribution in [0.5, 0.6) is 0 Å². The zero-order chi connectivity index (χ0) is 6.69. The molecule has 1 atom stereocenters. The number of hydrogen-bond donors (Lipinski definition) is 0. The van der Waals surface area contributed by atoms with Gasteiger partial charge in [0, 0.05) is 16.6 Å². The highest BCUT2D eigenvalue weighted by atomic mass is 32.2. The second-order valence-corrected chi connectivity index (χ2v) is 3.39. The Kier molecular flexibility index (Phi) is 2.33. The van der Waals surface area contributed by atoms with Gasteiger partial charge in [0.1, 0.15) is 0 Å². The van der Waals surface area contributed by atoms with E-state index in [0.717, 1.165) is 17.9 Å². The number of nitro groups is 1. The summed E-state index contributed by atoms with van der Waals surface area (Å²) < 4.78 is 0. The minimum absolute atomic E-state index is 0.174. The first-order valence-electron chi connectivity index (χ1n) is 2.98. The van der Waals surface area contributed by atoms with Crippen molar-refractivity contribution in [2.45, 2.75) is 6.42 Å². The molecule has 0 aromatic rings. The molecular weight excluding hydrogens is 138 g/mol. The van der Waals surface area contributed by atoms with Crippen molar-refractivity contribution in [3.05, 3.63) is 10.1 Å². The van der Waals surface area contributed by atoms with Gasteiger partial charge in [-0.05, 0) is 12.2 Å². The molecule has 1 unspecified atom stereocenters. The van der Waals surface area contributed by atoms with Crippen LogP contribution in [0.4, 0.5) is 0 Å². The SMILES string of the molecule is O=[N+]([O-])CC1CCSC1. The van der Waals surface area contributed by atoms with Crippen LogP contribution in [0.2, 0.25) is 0 Å². The van der Waals surface area contributed by atoms with Gasteiger partial charge in [-0.1, -0.05) is 0 Å². The summed E-state index contributed by atoms with van der Waals surface area (Å²) >= 11 is 1.82. The quantitative estimate of drug-likeness (QED) is 0.432. The summed E-state index contributed by atoms with van der Waals surface area (Å²) in [4.78, 5) is 9.74. The van der Waals surface area contributed by atoms with Gasteiger partial charge >= 0.3 is 0 Å². The predicted octanol–water partition coefficient (Wildman–Crippen LogP) is 1.02. The van der Waals surface area contributed by atoms with Crippen LogP contribution >= 0.6 is 11.8 Å². The lowest BCUT2D eigenvalue weighted by Crippen LogP contribution is -2.12. The topological polar surface area (TPSA) is 43.1 Å². The Morgan fingerprint density at radius 1 is 1.78 bits per heavy atom. The molecule has 0 N–H and O–H groups in total. The average Bonchev–Trinajstić information content (AvgIpc) is 2.15. The van der Waals surface area contributed by atoms with Gasteiger partial charge in [0.05, 0.1) is 0 Å². The van der Waals surface area contributed by atoms with Crippen LogP contribution < -0.4 is 0 Å². The molecule has 4 heteroatoms. The van der Waals surface area contributed by atoms with Crippen LogP contribution in [0, 0.1) is 16.0 Å². The average molecular weight is 147 g/mol. The van der Waals surface area contributed by atoms with E-state index in [1.807, 2.05) is 11.8 Å². The summed E-state index contributed by atoms with van der Waals surface area (Å²) in [5.74, 6) is 2.45. The third kappa shape index (κ3) is 2.22. The van der Waals surface area contributed by atoms with E-state index in [1.165, 1.54) is 0 Å². The molecule has 1 aliphatic heterocycles. The molecule has 1 rings (SSSR count). The fraction of sp³-hybridized carbons (Fsp3) is 1.00. The molecule has 9 heavy (non-hydrogen) atoms. The van der Waals surface area contributed by atoms with Crippen LogP contribution in [0.3, 0.4) is 0 Å². The van der Waals surface area contributed by atoms with Gasteiger partial charge in [0.2, 0.25) is 6.54 Å². The van der Waals surface area contributed by atoms with Gasteiger partial charge in [-0.2, -0.15) is 11.8 Å². The second-order valence-electron chi connectivity index (χ2n) is 2.24. The van der Waals surface area contributed by atoms with Crippen molar-refractivity contribution in [3.8, 4) is 0 Å². The van der Waals surface area contributed by atoms with Crippen molar-refractivity contribution in [2.24, 2.45) is 5.92 Å². The molecule has 1 saturated heterocycles. The number of rotatable bonds is 2. The smallest absolute Gasteiger partial charge is 0.207 e. The highest BCUT2D eigenvalue weighted by molar-refractivity contribution is 7.99. The van der Waals surface area contributed by atoms with Crippen molar-refractivity contribution in [2.75, 3.05) is 18.1 Å². The van der Waals surface area contributed by atoms with E-state index in [0.29, 0.717) is 5.92 Å².